The molecular formula is C15H22ClN3O3S. The Morgan fingerprint density at radius 2 is 2.04 bits per heavy atom. The third kappa shape index (κ3) is 5.04. The van der Waals surface area contributed by atoms with Crippen molar-refractivity contribution in [1.29, 1.82) is 0 Å². The van der Waals surface area contributed by atoms with Crippen molar-refractivity contribution in [3.63, 3.8) is 0 Å². The van der Waals surface area contributed by atoms with Crippen molar-refractivity contribution in [2.24, 2.45) is 5.14 Å². The molecule has 1 aliphatic rings. The van der Waals surface area contributed by atoms with Gasteiger partial charge in [-0.15, -0.1) is 12.4 Å². The van der Waals surface area contributed by atoms with E-state index < -0.39 is 10.0 Å². The normalized spacial score (nSPS) is 14.7. The van der Waals surface area contributed by atoms with Crippen LogP contribution < -0.4 is 15.8 Å². The van der Waals surface area contributed by atoms with Crippen LogP contribution in [0.1, 0.15) is 27.9 Å². The molecule has 8 heteroatoms. The molecule has 0 saturated heterocycles. The number of primary sulfonamides is 1. The number of carbonyl (C=O) groups excluding carboxylic acids is 1. The molecule has 0 unspecified atom stereocenters. The number of benzene rings is 1. The van der Waals surface area contributed by atoms with E-state index in [1.54, 1.807) is 19.9 Å². The second-order valence-corrected chi connectivity index (χ2v) is 6.99. The third-order valence-corrected chi connectivity index (χ3v) is 4.86. The van der Waals surface area contributed by atoms with Crippen molar-refractivity contribution >= 4 is 28.3 Å². The molecule has 1 aliphatic heterocycles. The molecule has 1 heterocycles. The standard InChI is InChI=1S/C15H21N3O3S.ClH/c1-10-7-13(8-14(11(10)2)22(16,20)21)15(19)18-9-12-3-5-17-6-4-12;/h3,7-8,17H,4-6,9H2,1-2H3,(H,18,19)(H2,16,20,21);1H. The first-order chi connectivity index (χ1) is 10.3. The summed E-state index contributed by atoms with van der Waals surface area (Å²) in [5, 5.41) is 11.2. The molecule has 0 saturated carbocycles. The number of carbonyl (C=O) groups is 1. The molecule has 0 aliphatic carbocycles. The zero-order valence-corrected chi connectivity index (χ0v) is 14.8. The highest BCUT2D eigenvalue weighted by molar-refractivity contribution is 7.89. The van der Waals surface area contributed by atoms with E-state index in [0.29, 0.717) is 17.7 Å². The lowest BCUT2D eigenvalue weighted by Gasteiger charge is -2.15. The Labute approximate surface area is 143 Å². The molecule has 0 radical (unpaired) electrons. The van der Waals surface area contributed by atoms with Crippen LogP contribution in [0.15, 0.2) is 28.7 Å². The van der Waals surface area contributed by atoms with E-state index in [1.165, 1.54) is 11.6 Å². The van der Waals surface area contributed by atoms with Gasteiger partial charge in [-0.25, -0.2) is 13.6 Å². The highest BCUT2D eigenvalue weighted by Crippen LogP contribution is 2.20. The molecule has 0 spiro atoms. The maximum absolute atomic E-state index is 12.2. The lowest BCUT2D eigenvalue weighted by molar-refractivity contribution is 0.0956. The minimum absolute atomic E-state index is 0. The van der Waals surface area contributed by atoms with Crippen LogP contribution in [0.2, 0.25) is 0 Å². The van der Waals surface area contributed by atoms with Gasteiger partial charge in [0.25, 0.3) is 5.91 Å². The molecule has 1 aromatic carbocycles. The SMILES string of the molecule is Cc1cc(C(=O)NCC2=CCNCC2)cc(S(N)(=O)=O)c1C.Cl. The molecule has 128 valence electrons. The van der Waals surface area contributed by atoms with Gasteiger partial charge in [0.1, 0.15) is 0 Å². The first kappa shape index (κ1) is 19.6. The molecule has 4 N–H and O–H groups in total. The quantitative estimate of drug-likeness (QED) is 0.698. The van der Waals surface area contributed by atoms with Gasteiger partial charge in [-0.1, -0.05) is 11.6 Å². The van der Waals surface area contributed by atoms with Crippen LogP contribution in [0, 0.1) is 13.8 Å². The Morgan fingerprint density at radius 3 is 2.61 bits per heavy atom. The molecule has 0 bridgehead atoms. The van der Waals surface area contributed by atoms with Crippen LogP contribution in [0.4, 0.5) is 0 Å². The average Bonchev–Trinajstić information content (AvgIpc) is 2.47. The number of sulfonamides is 1. The van der Waals surface area contributed by atoms with Crippen LogP contribution in [-0.4, -0.2) is 34.0 Å². The van der Waals surface area contributed by atoms with Crippen molar-refractivity contribution in [2.45, 2.75) is 25.2 Å². The van der Waals surface area contributed by atoms with Gasteiger partial charge in [0.15, 0.2) is 0 Å². The molecule has 23 heavy (non-hydrogen) atoms. The zero-order valence-electron chi connectivity index (χ0n) is 13.2. The fourth-order valence-electron chi connectivity index (χ4n) is 2.38. The summed E-state index contributed by atoms with van der Waals surface area (Å²) in [6.07, 6.45) is 2.95. The van der Waals surface area contributed by atoms with Crippen LogP contribution in [0.5, 0.6) is 0 Å². The molecule has 2 rings (SSSR count). The molecule has 1 aromatic rings. The summed E-state index contributed by atoms with van der Waals surface area (Å²) in [7, 11) is -3.85. The van der Waals surface area contributed by atoms with Gasteiger partial charge in [-0.2, -0.15) is 0 Å². The highest BCUT2D eigenvalue weighted by Gasteiger charge is 2.17. The summed E-state index contributed by atoms with van der Waals surface area (Å²) in [6, 6.07) is 3.01. The maximum Gasteiger partial charge on any atom is 0.251 e. The number of hydrogen-bond donors (Lipinski definition) is 3. The minimum Gasteiger partial charge on any atom is -0.348 e. The molecule has 0 aromatic heterocycles. The predicted octanol–water partition coefficient (Wildman–Crippen LogP) is 1.02. The Hall–Kier alpha value is -1.41. The van der Waals surface area contributed by atoms with Crippen molar-refractivity contribution in [3.8, 4) is 0 Å². The summed E-state index contributed by atoms with van der Waals surface area (Å²) in [5.41, 5.74) is 2.77. The van der Waals surface area contributed by atoms with Crippen LogP contribution >= 0.6 is 12.4 Å². The average molecular weight is 360 g/mol. The third-order valence-electron chi connectivity index (χ3n) is 3.82. The van der Waals surface area contributed by atoms with E-state index in [4.69, 9.17) is 5.14 Å². The van der Waals surface area contributed by atoms with E-state index >= 15 is 0 Å². The first-order valence-corrected chi connectivity index (χ1v) is 8.64. The van der Waals surface area contributed by atoms with E-state index in [-0.39, 0.29) is 23.2 Å². The van der Waals surface area contributed by atoms with Crippen molar-refractivity contribution < 1.29 is 13.2 Å². The Bertz CT molecular complexity index is 730. The predicted molar refractivity (Wildman–Crippen MR) is 92.4 cm³/mol. The van der Waals surface area contributed by atoms with E-state index in [2.05, 4.69) is 16.7 Å². The number of amides is 1. The number of halogens is 1. The van der Waals surface area contributed by atoms with E-state index in [9.17, 15) is 13.2 Å². The zero-order chi connectivity index (χ0) is 16.3. The monoisotopic (exact) mass is 359 g/mol. The summed E-state index contributed by atoms with van der Waals surface area (Å²) in [5.74, 6) is -0.299. The van der Waals surface area contributed by atoms with Crippen molar-refractivity contribution in [1.82, 2.24) is 10.6 Å². The topological polar surface area (TPSA) is 101 Å². The maximum atomic E-state index is 12.2. The second kappa shape index (κ2) is 7.92. The summed E-state index contributed by atoms with van der Waals surface area (Å²) < 4.78 is 23.2. The van der Waals surface area contributed by atoms with Gasteiger partial charge in [-0.3, -0.25) is 4.79 Å². The Kier molecular flexibility index (Phi) is 6.76. The molecule has 6 nitrogen and oxygen atoms in total. The summed E-state index contributed by atoms with van der Waals surface area (Å²) in [4.78, 5) is 12.2. The number of nitrogens with two attached hydrogens (primary N) is 1. The minimum atomic E-state index is -3.85. The number of nitrogens with one attached hydrogen (secondary N) is 2. The van der Waals surface area contributed by atoms with E-state index in [0.717, 1.165) is 25.1 Å². The Morgan fingerprint density at radius 1 is 1.35 bits per heavy atom. The fourth-order valence-corrected chi connectivity index (χ4v) is 3.26. The van der Waals surface area contributed by atoms with E-state index in [1.807, 2.05) is 0 Å². The number of rotatable bonds is 4. The second-order valence-electron chi connectivity index (χ2n) is 5.46. The van der Waals surface area contributed by atoms with Gasteiger partial charge in [0.2, 0.25) is 10.0 Å². The highest BCUT2D eigenvalue weighted by atomic mass is 35.5. The number of aryl methyl sites for hydroxylation is 1. The number of hydrogen-bond acceptors (Lipinski definition) is 4. The van der Waals surface area contributed by atoms with Gasteiger partial charge < -0.3 is 10.6 Å². The smallest absolute Gasteiger partial charge is 0.251 e. The molecule has 0 atom stereocenters. The Balaban J connectivity index is 0.00000264. The fraction of sp³-hybridized carbons (Fsp3) is 0.400. The molecular weight excluding hydrogens is 338 g/mol. The van der Waals surface area contributed by atoms with Crippen LogP contribution in [-0.2, 0) is 10.0 Å². The van der Waals surface area contributed by atoms with Crippen molar-refractivity contribution in [3.05, 3.63) is 40.5 Å². The summed E-state index contributed by atoms with van der Waals surface area (Å²) >= 11 is 0. The van der Waals surface area contributed by atoms with Gasteiger partial charge in [-0.05, 0) is 50.1 Å². The lowest BCUT2D eigenvalue weighted by atomic mass is 10.1. The van der Waals surface area contributed by atoms with Crippen molar-refractivity contribution in [2.75, 3.05) is 19.6 Å². The van der Waals surface area contributed by atoms with Gasteiger partial charge in [0.05, 0.1) is 4.90 Å². The van der Waals surface area contributed by atoms with Gasteiger partial charge >= 0.3 is 0 Å². The summed E-state index contributed by atoms with van der Waals surface area (Å²) in [6.45, 7) is 5.62. The van der Waals surface area contributed by atoms with Gasteiger partial charge in [0, 0.05) is 18.7 Å². The largest absolute Gasteiger partial charge is 0.348 e. The van der Waals surface area contributed by atoms with Crippen LogP contribution in [0.25, 0.3) is 0 Å². The molecule has 0 fully saturated rings. The first-order valence-electron chi connectivity index (χ1n) is 7.10. The molecule has 1 amide bonds. The van der Waals surface area contributed by atoms with Crippen LogP contribution in [0.3, 0.4) is 0 Å². The lowest BCUT2D eigenvalue weighted by Crippen LogP contribution is -2.30.